The molecule has 5 rings (SSSR count). The van der Waals surface area contributed by atoms with E-state index in [1.165, 1.54) is 12.1 Å². The molecule has 1 aromatic carbocycles. The number of aryl methyl sites for hydroxylation is 1. The molecule has 2 aromatic heterocycles. The fourth-order valence-electron chi connectivity index (χ4n) is 5.84. The number of amides is 1. The molecule has 0 saturated carbocycles. The first-order chi connectivity index (χ1) is 18.3. The summed E-state index contributed by atoms with van der Waals surface area (Å²) in [7, 11) is 1.71. The summed E-state index contributed by atoms with van der Waals surface area (Å²) in [6.07, 6.45) is 3.12. The molecule has 2 saturated heterocycles. The fourth-order valence-corrected chi connectivity index (χ4v) is 5.84. The van der Waals surface area contributed by atoms with Crippen LogP contribution in [0.3, 0.4) is 0 Å². The molecule has 4 heterocycles. The minimum Gasteiger partial charge on any atom is -0.362 e. The number of piperazine rings is 1. The summed E-state index contributed by atoms with van der Waals surface area (Å²) in [5.74, 6) is 0.0134. The molecule has 2 aliphatic rings. The van der Waals surface area contributed by atoms with Gasteiger partial charge in [-0.3, -0.25) is 14.5 Å². The van der Waals surface area contributed by atoms with Gasteiger partial charge in [0.2, 0.25) is 11.4 Å². The molecule has 0 N–H and O–H groups in total. The van der Waals surface area contributed by atoms with E-state index in [0.717, 1.165) is 37.9 Å². The van der Waals surface area contributed by atoms with Crippen LogP contribution in [0.1, 0.15) is 44.7 Å². The summed E-state index contributed by atoms with van der Waals surface area (Å²) in [5, 5.41) is 0. The Hall–Kier alpha value is -3.77. The normalized spacial score (nSPS) is 21.3. The van der Waals surface area contributed by atoms with E-state index in [0.29, 0.717) is 29.8 Å². The van der Waals surface area contributed by atoms with Gasteiger partial charge in [0.1, 0.15) is 11.9 Å². The van der Waals surface area contributed by atoms with Crippen molar-refractivity contribution >= 4 is 28.4 Å². The highest BCUT2D eigenvalue weighted by molar-refractivity contribution is 5.90. The second-order valence-corrected chi connectivity index (χ2v) is 10.5. The molecule has 3 atom stereocenters. The summed E-state index contributed by atoms with van der Waals surface area (Å²) in [6, 6.07) is 10.7. The standard InChI is InChI=1S/C29H33FN6O2/c1-19-18-36(28(21-8-10-22(30)11-9-21)29(38)34-14-6-5-7-15-34)20(2)17-35(19)24-16-26(37)33(4)23-12-13-25(31-3)32-27(23)24/h8-13,16,19-20,28H,5-7,14-15,17-18H2,1-2,4H3/t19-,20+,28?/m0/s1. The number of anilines is 1. The Labute approximate surface area is 222 Å². The molecule has 38 heavy (non-hydrogen) atoms. The maximum Gasteiger partial charge on any atom is 0.270 e. The zero-order valence-corrected chi connectivity index (χ0v) is 22.1. The number of benzene rings is 1. The third kappa shape index (κ3) is 4.76. The van der Waals surface area contributed by atoms with Crippen LogP contribution in [0.2, 0.25) is 0 Å². The Morgan fingerprint density at radius 2 is 1.76 bits per heavy atom. The number of carbonyl (C=O) groups is 1. The van der Waals surface area contributed by atoms with Gasteiger partial charge in [0.05, 0.1) is 11.2 Å². The predicted octanol–water partition coefficient (Wildman–Crippen LogP) is 4.28. The Balaban J connectivity index is 1.51. The van der Waals surface area contributed by atoms with E-state index in [1.54, 1.807) is 41.9 Å². The molecule has 8 nitrogen and oxygen atoms in total. The van der Waals surface area contributed by atoms with Gasteiger partial charge in [0, 0.05) is 51.4 Å². The Kier molecular flexibility index (Phi) is 7.17. The lowest BCUT2D eigenvalue weighted by atomic mass is 9.97. The second kappa shape index (κ2) is 10.5. The second-order valence-electron chi connectivity index (χ2n) is 10.5. The Morgan fingerprint density at radius 1 is 1.05 bits per heavy atom. The van der Waals surface area contributed by atoms with E-state index >= 15 is 0 Å². The minimum absolute atomic E-state index is 0.0434. The first-order valence-electron chi connectivity index (χ1n) is 13.2. The average molecular weight is 517 g/mol. The van der Waals surface area contributed by atoms with Crippen molar-refractivity contribution in [3.63, 3.8) is 0 Å². The van der Waals surface area contributed by atoms with Crippen LogP contribution in [0.4, 0.5) is 15.9 Å². The van der Waals surface area contributed by atoms with Gasteiger partial charge in [-0.25, -0.2) is 4.39 Å². The molecular weight excluding hydrogens is 483 g/mol. The number of pyridine rings is 2. The summed E-state index contributed by atoms with van der Waals surface area (Å²) in [5.41, 5.74) is 2.64. The number of rotatable bonds is 4. The molecule has 0 radical (unpaired) electrons. The third-order valence-corrected chi connectivity index (χ3v) is 7.93. The van der Waals surface area contributed by atoms with Gasteiger partial charge in [-0.2, -0.15) is 0 Å². The van der Waals surface area contributed by atoms with E-state index in [-0.39, 0.29) is 35.2 Å². The smallest absolute Gasteiger partial charge is 0.270 e. The number of fused-ring (bicyclic) bond motifs is 1. The first-order valence-corrected chi connectivity index (χ1v) is 13.2. The van der Waals surface area contributed by atoms with Crippen molar-refractivity contribution in [1.29, 1.82) is 0 Å². The largest absolute Gasteiger partial charge is 0.362 e. The van der Waals surface area contributed by atoms with Crippen LogP contribution in [-0.4, -0.2) is 63.5 Å². The lowest BCUT2D eigenvalue weighted by molar-refractivity contribution is -0.139. The zero-order valence-electron chi connectivity index (χ0n) is 22.1. The molecule has 0 bridgehead atoms. The number of aromatic nitrogens is 2. The number of piperidine rings is 1. The van der Waals surface area contributed by atoms with Crippen molar-refractivity contribution in [3.05, 3.63) is 75.6 Å². The quantitative estimate of drug-likeness (QED) is 0.485. The highest BCUT2D eigenvalue weighted by atomic mass is 19.1. The molecule has 1 unspecified atom stereocenters. The number of hydrogen-bond acceptors (Lipinski definition) is 5. The molecule has 9 heteroatoms. The van der Waals surface area contributed by atoms with Crippen molar-refractivity contribution in [1.82, 2.24) is 19.4 Å². The number of nitrogens with zero attached hydrogens (tertiary/aromatic N) is 6. The fraction of sp³-hybridized carbons (Fsp3) is 0.448. The minimum atomic E-state index is -0.513. The van der Waals surface area contributed by atoms with Crippen molar-refractivity contribution in [2.24, 2.45) is 7.05 Å². The first kappa shape index (κ1) is 25.9. The zero-order chi connectivity index (χ0) is 27.0. The van der Waals surface area contributed by atoms with E-state index in [1.807, 2.05) is 4.90 Å². The number of likely N-dealkylation sites (tertiary alicyclic amines) is 1. The molecule has 3 aromatic rings. The van der Waals surface area contributed by atoms with Crippen molar-refractivity contribution in [3.8, 4) is 0 Å². The predicted molar refractivity (Wildman–Crippen MR) is 146 cm³/mol. The average Bonchev–Trinajstić information content (AvgIpc) is 2.93. The Morgan fingerprint density at radius 3 is 2.45 bits per heavy atom. The molecular formula is C29H33FN6O2. The summed E-state index contributed by atoms with van der Waals surface area (Å²) in [4.78, 5) is 41.1. The van der Waals surface area contributed by atoms with Gasteiger partial charge in [-0.15, -0.1) is 4.98 Å². The van der Waals surface area contributed by atoms with E-state index in [2.05, 4.69) is 33.5 Å². The molecule has 1 amide bonds. The van der Waals surface area contributed by atoms with Crippen molar-refractivity contribution in [2.75, 3.05) is 31.1 Å². The highest BCUT2D eigenvalue weighted by Crippen LogP contribution is 2.34. The van der Waals surface area contributed by atoms with E-state index in [4.69, 9.17) is 6.57 Å². The molecule has 2 fully saturated rings. The van der Waals surface area contributed by atoms with Crippen LogP contribution in [0.5, 0.6) is 0 Å². The SMILES string of the molecule is [C-]#[N+]c1ccc2c(n1)c(N1C[C@@H](C)N(C(C(=O)N3CCCCC3)c3ccc(F)cc3)C[C@@H]1C)cc(=O)n2C. The van der Waals surface area contributed by atoms with Gasteiger partial charge in [0.25, 0.3) is 11.4 Å². The maximum absolute atomic E-state index is 13.9. The van der Waals surface area contributed by atoms with Crippen LogP contribution in [-0.2, 0) is 11.8 Å². The van der Waals surface area contributed by atoms with Crippen LogP contribution < -0.4 is 10.5 Å². The van der Waals surface area contributed by atoms with Crippen LogP contribution >= 0.6 is 0 Å². The van der Waals surface area contributed by atoms with E-state index in [9.17, 15) is 14.0 Å². The van der Waals surface area contributed by atoms with Gasteiger partial charge < -0.3 is 19.2 Å². The topological polar surface area (TPSA) is 66.0 Å². The lowest BCUT2D eigenvalue weighted by Crippen LogP contribution is -2.59. The molecule has 198 valence electrons. The van der Waals surface area contributed by atoms with Crippen LogP contribution in [0.25, 0.3) is 15.9 Å². The number of hydrogen-bond donors (Lipinski definition) is 0. The number of halogens is 1. The summed E-state index contributed by atoms with van der Waals surface area (Å²) in [6.45, 7) is 14.2. The van der Waals surface area contributed by atoms with Crippen molar-refractivity contribution < 1.29 is 9.18 Å². The van der Waals surface area contributed by atoms with Crippen molar-refractivity contribution in [2.45, 2.75) is 51.2 Å². The van der Waals surface area contributed by atoms with Gasteiger partial charge in [0.15, 0.2) is 0 Å². The highest BCUT2D eigenvalue weighted by Gasteiger charge is 2.40. The van der Waals surface area contributed by atoms with Crippen LogP contribution in [0.15, 0.2) is 47.3 Å². The lowest BCUT2D eigenvalue weighted by Gasteiger charge is -2.48. The molecule has 0 spiro atoms. The monoisotopic (exact) mass is 516 g/mol. The summed E-state index contributed by atoms with van der Waals surface area (Å²) >= 11 is 0. The molecule has 0 aliphatic carbocycles. The van der Waals surface area contributed by atoms with Gasteiger partial charge >= 0.3 is 0 Å². The van der Waals surface area contributed by atoms with E-state index < -0.39 is 6.04 Å². The van der Waals surface area contributed by atoms with Gasteiger partial charge in [-0.05, 0) is 62.9 Å². The Bertz CT molecular complexity index is 1440. The maximum atomic E-state index is 13.9. The third-order valence-electron chi connectivity index (χ3n) is 7.93. The molecule has 2 aliphatic heterocycles. The van der Waals surface area contributed by atoms with Gasteiger partial charge in [-0.1, -0.05) is 18.7 Å². The van der Waals surface area contributed by atoms with Crippen LogP contribution in [0, 0.1) is 12.4 Å². The number of carbonyl (C=O) groups excluding carboxylic acids is 1. The summed E-state index contributed by atoms with van der Waals surface area (Å²) < 4.78 is 15.3.